The first-order valence-corrected chi connectivity index (χ1v) is 7.21. The molecule has 0 amide bonds. The van der Waals surface area contributed by atoms with E-state index in [1.54, 1.807) is 6.92 Å². The summed E-state index contributed by atoms with van der Waals surface area (Å²) in [6.45, 7) is 4.67. The Morgan fingerprint density at radius 3 is 2.63 bits per heavy atom. The summed E-state index contributed by atoms with van der Waals surface area (Å²) in [6, 6.07) is 2.52. The first kappa shape index (κ1) is 15.6. The van der Waals surface area contributed by atoms with Crippen molar-refractivity contribution in [2.75, 3.05) is 6.61 Å². The van der Waals surface area contributed by atoms with E-state index in [0.29, 0.717) is 5.56 Å². The van der Waals surface area contributed by atoms with Crippen molar-refractivity contribution in [3.8, 4) is 0 Å². The highest BCUT2D eigenvalue weighted by Crippen LogP contribution is 2.14. The van der Waals surface area contributed by atoms with Crippen LogP contribution in [0.4, 0.5) is 4.39 Å². The van der Waals surface area contributed by atoms with Gasteiger partial charge in [0.1, 0.15) is 11.9 Å². The number of hydrogen-bond donors (Lipinski definition) is 1. The Morgan fingerprint density at radius 1 is 1.47 bits per heavy atom. The van der Waals surface area contributed by atoms with Gasteiger partial charge in [0.15, 0.2) is 0 Å². The molecule has 19 heavy (non-hydrogen) atoms. The molecule has 1 aromatic carbocycles. The lowest BCUT2D eigenvalue weighted by molar-refractivity contribution is -0.144. The molecule has 1 aromatic rings. The van der Waals surface area contributed by atoms with Crippen LogP contribution in [0.1, 0.15) is 19.4 Å². The summed E-state index contributed by atoms with van der Waals surface area (Å²) < 4.78 is 44.0. The molecule has 7 heteroatoms. The molecule has 0 aromatic heterocycles. The van der Waals surface area contributed by atoms with Crippen LogP contribution in [0.3, 0.4) is 0 Å². The van der Waals surface area contributed by atoms with E-state index >= 15 is 0 Å². The molecule has 1 rings (SSSR count). The van der Waals surface area contributed by atoms with Crippen LogP contribution < -0.4 is 4.72 Å². The SMILES string of the molecule is CCOC(=O)C(C)NS(=O)(=O)c1ccc(C)c(F)c1. The highest BCUT2D eigenvalue weighted by molar-refractivity contribution is 7.89. The Labute approximate surface area is 111 Å². The van der Waals surface area contributed by atoms with E-state index in [-0.39, 0.29) is 11.5 Å². The third kappa shape index (κ3) is 4.00. The van der Waals surface area contributed by atoms with Crippen molar-refractivity contribution >= 4 is 16.0 Å². The van der Waals surface area contributed by atoms with Crippen LogP contribution >= 0.6 is 0 Å². The van der Waals surface area contributed by atoms with Gasteiger partial charge in [-0.05, 0) is 38.5 Å². The number of benzene rings is 1. The van der Waals surface area contributed by atoms with Crippen molar-refractivity contribution in [2.45, 2.75) is 31.7 Å². The lowest BCUT2D eigenvalue weighted by atomic mass is 10.2. The van der Waals surface area contributed by atoms with E-state index in [2.05, 4.69) is 9.46 Å². The standard InChI is InChI=1S/C12H16FNO4S/c1-4-18-12(15)9(3)14-19(16,17)10-6-5-8(2)11(13)7-10/h5-7,9,14H,4H2,1-3H3. The predicted molar refractivity (Wildman–Crippen MR) is 67.6 cm³/mol. The first-order chi connectivity index (χ1) is 8.77. The average Bonchev–Trinajstić information content (AvgIpc) is 2.32. The summed E-state index contributed by atoms with van der Waals surface area (Å²) in [4.78, 5) is 11.1. The van der Waals surface area contributed by atoms with Crippen LogP contribution in [-0.2, 0) is 19.6 Å². The number of carbonyl (C=O) groups is 1. The van der Waals surface area contributed by atoms with Crippen LogP contribution in [0.5, 0.6) is 0 Å². The van der Waals surface area contributed by atoms with Gasteiger partial charge in [-0.15, -0.1) is 0 Å². The van der Waals surface area contributed by atoms with E-state index in [0.717, 1.165) is 6.07 Å². The fourth-order valence-electron chi connectivity index (χ4n) is 1.36. The maximum Gasteiger partial charge on any atom is 0.323 e. The molecule has 0 saturated heterocycles. The summed E-state index contributed by atoms with van der Waals surface area (Å²) in [6.07, 6.45) is 0. The second-order valence-electron chi connectivity index (χ2n) is 4.01. The Morgan fingerprint density at radius 2 is 2.11 bits per heavy atom. The Kier molecular flexibility index (Phi) is 5.02. The molecular weight excluding hydrogens is 273 g/mol. The molecule has 0 spiro atoms. The number of nitrogens with one attached hydrogen (secondary N) is 1. The summed E-state index contributed by atoms with van der Waals surface area (Å²) in [5, 5.41) is 0. The minimum atomic E-state index is -3.95. The number of halogens is 1. The largest absolute Gasteiger partial charge is 0.465 e. The summed E-state index contributed by atoms with van der Waals surface area (Å²) in [7, 11) is -3.95. The highest BCUT2D eigenvalue weighted by Gasteiger charge is 2.23. The molecule has 0 heterocycles. The Hall–Kier alpha value is -1.47. The zero-order valence-corrected chi connectivity index (χ0v) is 11.8. The molecule has 0 fully saturated rings. The normalized spacial score (nSPS) is 13.1. The molecule has 1 atom stereocenters. The van der Waals surface area contributed by atoms with Gasteiger partial charge >= 0.3 is 5.97 Å². The average molecular weight is 289 g/mol. The maximum atomic E-state index is 13.3. The van der Waals surface area contributed by atoms with Gasteiger partial charge in [0.2, 0.25) is 10.0 Å². The van der Waals surface area contributed by atoms with E-state index in [1.807, 2.05) is 0 Å². The van der Waals surface area contributed by atoms with Crippen LogP contribution in [-0.4, -0.2) is 27.0 Å². The smallest absolute Gasteiger partial charge is 0.323 e. The van der Waals surface area contributed by atoms with Gasteiger partial charge in [-0.2, -0.15) is 4.72 Å². The lowest BCUT2D eigenvalue weighted by Crippen LogP contribution is -2.39. The number of hydrogen-bond acceptors (Lipinski definition) is 4. The number of aryl methyl sites for hydroxylation is 1. The molecule has 5 nitrogen and oxygen atoms in total. The number of sulfonamides is 1. The number of carbonyl (C=O) groups excluding carboxylic acids is 1. The Balaban J connectivity index is 2.92. The molecular formula is C12H16FNO4S. The van der Waals surface area contributed by atoms with Crippen LogP contribution in [0.25, 0.3) is 0 Å². The second kappa shape index (κ2) is 6.12. The predicted octanol–water partition coefficient (Wildman–Crippen LogP) is 1.36. The molecule has 1 unspecified atom stereocenters. The van der Waals surface area contributed by atoms with E-state index < -0.39 is 27.9 Å². The summed E-state index contributed by atoms with van der Waals surface area (Å²) in [5.41, 5.74) is 0.345. The second-order valence-corrected chi connectivity index (χ2v) is 5.72. The van der Waals surface area contributed by atoms with Crippen molar-refractivity contribution in [1.82, 2.24) is 4.72 Å². The Bertz CT molecular complexity index is 571. The quantitative estimate of drug-likeness (QED) is 0.831. The maximum absolute atomic E-state index is 13.3. The van der Waals surface area contributed by atoms with Gasteiger partial charge in [0, 0.05) is 0 Å². The van der Waals surface area contributed by atoms with Crippen molar-refractivity contribution in [2.24, 2.45) is 0 Å². The van der Waals surface area contributed by atoms with Crippen molar-refractivity contribution in [1.29, 1.82) is 0 Å². The number of ether oxygens (including phenoxy) is 1. The molecule has 0 aliphatic carbocycles. The molecule has 1 N–H and O–H groups in total. The molecule has 0 aliphatic heterocycles. The van der Waals surface area contributed by atoms with Gasteiger partial charge in [-0.25, -0.2) is 12.8 Å². The lowest BCUT2D eigenvalue weighted by Gasteiger charge is -2.13. The van der Waals surface area contributed by atoms with Crippen molar-refractivity contribution < 1.29 is 22.3 Å². The van der Waals surface area contributed by atoms with E-state index in [9.17, 15) is 17.6 Å². The summed E-state index contributed by atoms with van der Waals surface area (Å²) in [5.74, 6) is -1.30. The van der Waals surface area contributed by atoms with Crippen LogP contribution in [0, 0.1) is 12.7 Å². The van der Waals surface area contributed by atoms with Gasteiger partial charge < -0.3 is 4.74 Å². The number of esters is 1. The van der Waals surface area contributed by atoms with E-state index in [4.69, 9.17) is 0 Å². The van der Waals surface area contributed by atoms with Gasteiger partial charge in [0.05, 0.1) is 11.5 Å². The topological polar surface area (TPSA) is 72.5 Å². The third-order valence-electron chi connectivity index (χ3n) is 2.43. The van der Waals surface area contributed by atoms with Gasteiger partial charge in [0.25, 0.3) is 0 Å². The zero-order valence-electron chi connectivity index (χ0n) is 10.9. The van der Waals surface area contributed by atoms with Crippen molar-refractivity contribution in [3.05, 3.63) is 29.6 Å². The third-order valence-corrected chi connectivity index (χ3v) is 3.96. The zero-order chi connectivity index (χ0) is 14.6. The monoisotopic (exact) mass is 289 g/mol. The van der Waals surface area contributed by atoms with Gasteiger partial charge in [-0.3, -0.25) is 4.79 Å². The minimum Gasteiger partial charge on any atom is -0.465 e. The summed E-state index contributed by atoms with van der Waals surface area (Å²) >= 11 is 0. The first-order valence-electron chi connectivity index (χ1n) is 5.73. The molecule has 106 valence electrons. The highest BCUT2D eigenvalue weighted by atomic mass is 32.2. The van der Waals surface area contributed by atoms with Crippen molar-refractivity contribution in [3.63, 3.8) is 0 Å². The van der Waals surface area contributed by atoms with E-state index in [1.165, 1.54) is 26.0 Å². The van der Waals surface area contributed by atoms with Gasteiger partial charge in [-0.1, -0.05) is 6.07 Å². The molecule has 0 bridgehead atoms. The number of rotatable bonds is 5. The minimum absolute atomic E-state index is 0.157. The molecule has 0 aliphatic rings. The molecule has 0 saturated carbocycles. The van der Waals surface area contributed by atoms with Crippen LogP contribution in [0.15, 0.2) is 23.1 Å². The molecule has 0 radical (unpaired) electrons. The van der Waals surface area contributed by atoms with Crippen LogP contribution in [0.2, 0.25) is 0 Å². The fourth-order valence-corrected chi connectivity index (χ4v) is 2.56. The fraction of sp³-hybridized carbons (Fsp3) is 0.417.